The van der Waals surface area contributed by atoms with Gasteiger partial charge in [0, 0.05) is 6.42 Å². The molecule has 1 saturated heterocycles. The Balaban J connectivity index is 3.83. The van der Waals surface area contributed by atoms with Gasteiger partial charge in [0.1, 0.15) is 13.7 Å². The number of hydrogen-bond donors (Lipinski definition) is 0. The quantitative estimate of drug-likeness (QED) is 0.103. The average molecular weight is 583 g/mol. The highest BCUT2D eigenvalue weighted by Gasteiger charge is 2.46. The summed E-state index contributed by atoms with van der Waals surface area (Å²) < 4.78 is 20.1. The normalized spacial score (nSPS) is 18.9. The molecular weight excluding hydrogens is 521 g/mol. The molecule has 0 spiro atoms. The standard InChI is InChI=1S/C31H62O4Si3/c1-13-36(14-2,15-3)34-25-31(35-37(16-4,17-5)18-6,23-29-19-20-30(32)33-24-29)21-22-38(26(7)8,27(9)10)28(11)12/h26-29H,13-20,23-25H2,1-12H3/t29-,31+/m1/s1. The number of hydrogen-bond acceptors (Lipinski definition) is 4. The van der Waals surface area contributed by atoms with E-state index in [9.17, 15) is 4.79 Å². The molecular formula is C31H62O4Si3. The smallest absolute Gasteiger partial charge is 0.305 e. The second-order valence-electron chi connectivity index (χ2n) is 12.8. The molecule has 1 aliphatic rings. The fraction of sp³-hybridized carbons (Fsp3) is 0.903. The molecule has 2 atom stereocenters. The van der Waals surface area contributed by atoms with E-state index < -0.39 is 30.3 Å². The van der Waals surface area contributed by atoms with E-state index in [4.69, 9.17) is 13.6 Å². The van der Waals surface area contributed by atoms with Crippen LogP contribution in [0.25, 0.3) is 0 Å². The van der Waals surface area contributed by atoms with Crippen LogP contribution in [0.15, 0.2) is 0 Å². The fourth-order valence-corrected chi connectivity index (χ4v) is 17.8. The van der Waals surface area contributed by atoms with E-state index in [1.165, 1.54) is 0 Å². The highest BCUT2D eigenvalue weighted by Crippen LogP contribution is 2.42. The van der Waals surface area contributed by atoms with E-state index in [0.717, 1.165) is 49.1 Å². The van der Waals surface area contributed by atoms with Gasteiger partial charge < -0.3 is 13.6 Å². The number of carbonyl (C=O) groups excluding carboxylic acids is 1. The number of ether oxygens (including phenoxy) is 1. The Labute approximate surface area is 240 Å². The van der Waals surface area contributed by atoms with Crippen molar-refractivity contribution in [3.63, 3.8) is 0 Å². The van der Waals surface area contributed by atoms with Crippen LogP contribution in [0.5, 0.6) is 0 Å². The van der Waals surface area contributed by atoms with Gasteiger partial charge in [0.25, 0.3) is 0 Å². The van der Waals surface area contributed by atoms with Gasteiger partial charge in [-0.2, -0.15) is 0 Å². The number of rotatable bonds is 16. The molecule has 0 saturated carbocycles. The third-order valence-electron chi connectivity index (χ3n) is 10.1. The molecule has 7 heteroatoms. The van der Waals surface area contributed by atoms with Crippen LogP contribution in [0.4, 0.5) is 0 Å². The molecule has 0 N–H and O–H groups in total. The zero-order valence-electron chi connectivity index (χ0n) is 27.2. The third-order valence-corrected chi connectivity index (χ3v) is 25.7. The predicted molar refractivity (Wildman–Crippen MR) is 171 cm³/mol. The maximum atomic E-state index is 11.9. The van der Waals surface area contributed by atoms with Crippen molar-refractivity contribution in [1.82, 2.24) is 0 Å². The van der Waals surface area contributed by atoms with Crippen LogP contribution in [0.2, 0.25) is 52.9 Å². The van der Waals surface area contributed by atoms with Crippen molar-refractivity contribution in [2.24, 2.45) is 5.92 Å². The second-order valence-corrected chi connectivity index (χ2v) is 27.9. The minimum atomic E-state index is -2.02. The summed E-state index contributed by atoms with van der Waals surface area (Å²) in [6.45, 7) is 29.1. The lowest BCUT2D eigenvalue weighted by atomic mass is 9.88. The van der Waals surface area contributed by atoms with Gasteiger partial charge in [-0.1, -0.05) is 89.0 Å². The molecule has 0 amide bonds. The predicted octanol–water partition coefficient (Wildman–Crippen LogP) is 9.33. The molecule has 0 aliphatic carbocycles. The summed E-state index contributed by atoms with van der Waals surface area (Å²) in [6.07, 6.45) is 2.14. The van der Waals surface area contributed by atoms with Gasteiger partial charge in [0.05, 0.1) is 13.2 Å². The Morgan fingerprint density at radius 2 is 1.32 bits per heavy atom. The van der Waals surface area contributed by atoms with Crippen molar-refractivity contribution in [1.29, 1.82) is 0 Å². The Kier molecular flexibility index (Phi) is 14.6. The monoisotopic (exact) mass is 582 g/mol. The van der Waals surface area contributed by atoms with Gasteiger partial charge >= 0.3 is 5.97 Å². The second kappa shape index (κ2) is 15.6. The lowest BCUT2D eigenvalue weighted by molar-refractivity contribution is -0.150. The fourth-order valence-electron chi connectivity index (χ4n) is 6.92. The molecule has 222 valence electrons. The van der Waals surface area contributed by atoms with Gasteiger partial charge in [-0.25, -0.2) is 0 Å². The van der Waals surface area contributed by atoms with Crippen molar-refractivity contribution < 1.29 is 18.4 Å². The molecule has 0 bridgehead atoms. The van der Waals surface area contributed by atoms with Crippen molar-refractivity contribution in [3.8, 4) is 11.5 Å². The Morgan fingerprint density at radius 3 is 1.68 bits per heavy atom. The molecule has 38 heavy (non-hydrogen) atoms. The lowest BCUT2D eigenvalue weighted by Gasteiger charge is -2.44. The van der Waals surface area contributed by atoms with E-state index in [0.29, 0.717) is 36.3 Å². The van der Waals surface area contributed by atoms with Crippen LogP contribution in [-0.4, -0.2) is 49.5 Å². The summed E-state index contributed by atoms with van der Waals surface area (Å²) in [5.74, 6) is 4.15. The van der Waals surface area contributed by atoms with Crippen LogP contribution < -0.4 is 0 Å². The van der Waals surface area contributed by atoms with E-state index >= 15 is 0 Å². The highest BCUT2D eigenvalue weighted by molar-refractivity contribution is 6.90. The van der Waals surface area contributed by atoms with Crippen LogP contribution in [-0.2, 0) is 18.4 Å². The number of esters is 1. The third kappa shape index (κ3) is 8.55. The van der Waals surface area contributed by atoms with Gasteiger partial charge in [-0.3, -0.25) is 4.79 Å². The summed E-state index contributed by atoms with van der Waals surface area (Å²) in [7, 11) is -5.85. The molecule has 1 rings (SSSR count). The summed E-state index contributed by atoms with van der Waals surface area (Å²) >= 11 is 0. The first-order valence-electron chi connectivity index (χ1n) is 15.8. The largest absolute Gasteiger partial charge is 0.465 e. The highest BCUT2D eigenvalue weighted by atomic mass is 28.4. The molecule has 0 aromatic carbocycles. The first kappa shape index (κ1) is 35.6. The van der Waals surface area contributed by atoms with Crippen LogP contribution in [0.1, 0.15) is 102 Å². The number of carbonyl (C=O) groups is 1. The van der Waals surface area contributed by atoms with Crippen molar-refractivity contribution in [2.75, 3.05) is 13.2 Å². The van der Waals surface area contributed by atoms with Gasteiger partial charge in [-0.05, 0) is 71.6 Å². The number of cyclic esters (lactones) is 1. The average Bonchev–Trinajstić information content (AvgIpc) is 2.89. The van der Waals surface area contributed by atoms with E-state index in [-0.39, 0.29) is 11.9 Å². The maximum absolute atomic E-state index is 11.9. The topological polar surface area (TPSA) is 44.8 Å². The molecule has 0 aromatic rings. The SMILES string of the molecule is CC[Si](CC)(CC)OC[C@](C#C[Si](C(C)C)(C(C)C)C(C)C)(C[C@H]1CCC(=O)OC1)O[Si](CC)(CC)CC. The van der Waals surface area contributed by atoms with Gasteiger partial charge in [-0.15, -0.1) is 5.54 Å². The van der Waals surface area contributed by atoms with E-state index in [2.05, 4.69) is 94.5 Å². The maximum Gasteiger partial charge on any atom is 0.305 e. The molecule has 1 fully saturated rings. The zero-order chi connectivity index (χ0) is 29.2. The molecule has 1 aliphatic heterocycles. The Hall–Kier alpha value is -0.399. The van der Waals surface area contributed by atoms with Crippen molar-refractivity contribution in [3.05, 3.63) is 0 Å². The van der Waals surface area contributed by atoms with Crippen molar-refractivity contribution in [2.45, 2.75) is 161 Å². The first-order chi connectivity index (χ1) is 17.8. The van der Waals surface area contributed by atoms with Crippen molar-refractivity contribution >= 4 is 30.7 Å². The summed E-state index contributed by atoms with van der Waals surface area (Å²) in [4.78, 5) is 11.9. The summed E-state index contributed by atoms with van der Waals surface area (Å²) in [5.41, 5.74) is 5.11. The van der Waals surface area contributed by atoms with Crippen LogP contribution in [0.3, 0.4) is 0 Å². The van der Waals surface area contributed by atoms with E-state index in [1.807, 2.05) is 0 Å². The van der Waals surface area contributed by atoms with E-state index in [1.54, 1.807) is 0 Å². The minimum absolute atomic E-state index is 0.0743. The van der Waals surface area contributed by atoms with Gasteiger partial charge in [0.15, 0.2) is 16.6 Å². The van der Waals surface area contributed by atoms with Crippen LogP contribution in [0, 0.1) is 17.4 Å². The molecule has 0 unspecified atom stereocenters. The lowest BCUT2D eigenvalue weighted by Crippen LogP contribution is -2.53. The zero-order valence-corrected chi connectivity index (χ0v) is 30.2. The minimum Gasteiger partial charge on any atom is -0.465 e. The molecule has 4 nitrogen and oxygen atoms in total. The summed E-state index contributed by atoms with van der Waals surface area (Å²) in [5, 5.41) is 0. The molecule has 0 radical (unpaired) electrons. The Morgan fingerprint density at radius 1 is 0.842 bits per heavy atom. The molecule has 0 aromatic heterocycles. The Bertz CT molecular complexity index is 729. The first-order valence-corrected chi connectivity index (χ1v) is 23.1. The van der Waals surface area contributed by atoms with Crippen LogP contribution >= 0.6 is 0 Å². The molecule has 1 heterocycles. The van der Waals surface area contributed by atoms with Gasteiger partial charge in [0.2, 0.25) is 0 Å². The summed E-state index contributed by atoms with van der Waals surface area (Å²) in [6, 6.07) is 6.60.